The fourth-order valence-electron chi connectivity index (χ4n) is 4.35. The summed E-state index contributed by atoms with van der Waals surface area (Å²) in [5.74, 6) is 0.475. The molecule has 0 N–H and O–H groups in total. The standard InChI is InChI=1S/C25H21IN2O5/c26-18-10-8-16(9-11-18)25(30)33-15-22(29)28-24(21-7-3-13-32-21)20-6-1-4-17(23(20)27-28)14-19-5-2-12-31-19/h2-3,5,7-14,20,24H,1,4,6,15H2. The van der Waals surface area contributed by atoms with Crippen LogP contribution in [0, 0.1) is 9.49 Å². The summed E-state index contributed by atoms with van der Waals surface area (Å²) in [6, 6.07) is 14.0. The first-order valence-corrected chi connectivity index (χ1v) is 11.8. The number of carbonyl (C=O) groups is 2. The predicted octanol–water partition coefficient (Wildman–Crippen LogP) is 5.46. The van der Waals surface area contributed by atoms with Gasteiger partial charge in [0.2, 0.25) is 0 Å². The minimum Gasteiger partial charge on any atom is -0.467 e. The molecule has 33 heavy (non-hydrogen) atoms. The van der Waals surface area contributed by atoms with Gasteiger partial charge < -0.3 is 13.6 Å². The topological polar surface area (TPSA) is 85.3 Å². The van der Waals surface area contributed by atoms with Crippen LogP contribution >= 0.6 is 22.6 Å². The fraction of sp³-hybridized carbons (Fsp3) is 0.240. The van der Waals surface area contributed by atoms with E-state index in [-0.39, 0.29) is 12.0 Å². The molecule has 1 fully saturated rings. The molecule has 2 aliphatic rings. The molecule has 1 saturated carbocycles. The summed E-state index contributed by atoms with van der Waals surface area (Å²) in [7, 11) is 0. The lowest BCUT2D eigenvalue weighted by atomic mass is 9.79. The molecule has 168 valence electrons. The van der Waals surface area contributed by atoms with Gasteiger partial charge >= 0.3 is 5.97 Å². The molecule has 3 aromatic rings. The van der Waals surface area contributed by atoms with Crippen LogP contribution in [0.4, 0.5) is 0 Å². The van der Waals surface area contributed by atoms with E-state index in [9.17, 15) is 9.59 Å². The molecular formula is C25H21IN2O5. The van der Waals surface area contributed by atoms with Crippen molar-refractivity contribution >= 4 is 46.3 Å². The van der Waals surface area contributed by atoms with Gasteiger partial charge in [-0.2, -0.15) is 5.10 Å². The Morgan fingerprint density at radius 1 is 1.12 bits per heavy atom. The number of hydrogen-bond donors (Lipinski definition) is 0. The van der Waals surface area contributed by atoms with Crippen molar-refractivity contribution < 1.29 is 23.2 Å². The fourth-order valence-corrected chi connectivity index (χ4v) is 4.71. The number of benzene rings is 1. The quantitative estimate of drug-likeness (QED) is 0.308. The number of furan rings is 2. The first-order valence-electron chi connectivity index (χ1n) is 10.7. The summed E-state index contributed by atoms with van der Waals surface area (Å²) in [4.78, 5) is 25.6. The monoisotopic (exact) mass is 556 g/mol. The molecule has 0 radical (unpaired) electrons. The Bertz CT molecular complexity index is 1200. The van der Waals surface area contributed by atoms with Crippen molar-refractivity contribution in [3.8, 4) is 0 Å². The van der Waals surface area contributed by atoms with E-state index in [1.807, 2.05) is 36.4 Å². The molecule has 2 aromatic heterocycles. The highest BCUT2D eigenvalue weighted by Gasteiger charge is 2.45. The highest BCUT2D eigenvalue weighted by Crippen LogP contribution is 2.44. The van der Waals surface area contributed by atoms with Crippen LogP contribution in [0.1, 0.15) is 47.2 Å². The number of amides is 1. The first-order chi connectivity index (χ1) is 16.1. The van der Waals surface area contributed by atoms with Gasteiger partial charge in [0.25, 0.3) is 5.91 Å². The van der Waals surface area contributed by atoms with E-state index in [1.165, 1.54) is 5.01 Å². The Hall–Kier alpha value is -3.14. The third-order valence-corrected chi connectivity index (χ3v) is 6.58. The van der Waals surface area contributed by atoms with Gasteiger partial charge in [0.05, 0.1) is 23.8 Å². The van der Waals surface area contributed by atoms with E-state index in [1.54, 1.807) is 30.7 Å². The number of ether oxygens (including phenoxy) is 1. The van der Waals surface area contributed by atoms with Gasteiger partial charge in [-0.25, -0.2) is 9.80 Å². The molecule has 1 aliphatic heterocycles. The number of rotatable bonds is 5. The summed E-state index contributed by atoms with van der Waals surface area (Å²) in [6.07, 6.45) is 7.91. The normalized spacial score (nSPS) is 21.1. The van der Waals surface area contributed by atoms with Crippen LogP contribution in [0.2, 0.25) is 0 Å². The third kappa shape index (κ3) is 4.52. The average molecular weight is 556 g/mol. The van der Waals surface area contributed by atoms with Crippen molar-refractivity contribution in [3.05, 3.63) is 87.3 Å². The second kappa shape index (κ2) is 9.38. The molecular weight excluding hydrogens is 535 g/mol. The Kier molecular flexibility index (Phi) is 6.17. The smallest absolute Gasteiger partial charge is 0.338 e. The number of hydrazone groups is 1. The van der Waals surface area contributed by atoms with Crippen LogP contribution in [0.5, 0.6) is 0 Å². The van der Waals surface area contributed by atoms with Crippen molar-refractivity contribution in [2.75, 3.05) is 6.61 Å². The van der Waals surface area contributed by atoms with Gasteiger partial charge in [0, 0.05) is 9.49 Å². The van der Waals surface area contributed by atoms with Crippen molar-refractivity contribution in [3.63, 3.8) is 0 Å². The van der Waals surface area contributed by atoms with Crippen molar-refractivity contribution in [2.24, 2.45) is 11.0 Å². The van der Waals surface area contributed by atoms with Gasteiger partial charge in [-0.15, -0.1) is 0 Å². The van der Waals surface area contributed by atoms with Crippen LogP contribution in [-0.2, 0) is 9.53 Å². The van der Waals surface area contributed by atoms with Gasteiger partial charge in [-0.3, -0.25) is 4.79 Å². The lowest BCUT2D eigenvalue weighted by Crippen LogP contribution is -2.34. The molecule has 1 amide bonds. The average Bonchev–Trinajstić information content (AvgIpc) is 3.58. The molecule has 3 heterocycles. The predicted molar refractivity (Wildman–Crippen MR) is 129 cm³/mol. The summed E-state index contributed by atoms with van der Waals surface area (Å²) >= 11 is 2.16. The van der Waals surface area contributed by atoms with Crippen LogP contribution in [0.25, 0.3) is 6.08 Å². The number of halogens is 1. The molecule has 0 bridgehead atoms. The Morgan fingerprint density at radius 2 is 1.91 bits per heavy atom. The number of fused-ring (bicyclic) bond motifs is 1. The van der Waals surface area contributed by atoms with Gasteiger partial charge in [0.15, 0.2) is 6.61 Å². The zero-order valence-corrected chi connectivity index (χ0v) is 19.8. The molecule has 7 nitrogen and oxygen atoms in total. The van der Waals surface area contributed by atoms with Crippen LogP contribution in [0.3, 0.4) is 0 Å². The van der Waals surface area contributed by atoms with Crippen LogP contribution in [0.15, 0.2) is 80.6 Å². The van der Waals surface area contributed by atoms with E-state index in [0.717, 1.165) is 39.9 Å². The second-order valence-corrected chi connectivity index (χ2v) is 9.20. The third-order valence-electron chi connectivity index (χ3n) is 5.86. The molecule has 2 unspecified atom stereocenters. The van der Waals surface area contributed by atoms with E-state index < -0.39 is 18.5 Å². The Balaban J connectivity index is 1.39. The van der Waals surface area contributed by atoms with Crippen molar-refractivity contribution in [2.45, 2.75) is 25.3 Å². The molecule has 0 saturated heterocycles. The number of nitrogens with zero attached hydrogens (tertiary/aromatic N) is 2. The van der Waals surface area contributed by atoms with E-state index >= 15 is 0 Å². The minimum atomic E-state index is -0.544. The molecule has 8 heteroatoms. The molecule has 5 rings (SSSR count). The lowest BCUT2D eigenvalue weighted by molar-refractivity contribution is -0.137. The van der Waals surface area contributed by atoms with Gasteiger partial charge in [-0.05, 0) is 102 Å². The maximum absolute atomic E-state index is 13.2. The zero-order chi connectivity index (χ0) is 22.8. The van der Waals surface area contributed by atoms with Crippen LogP contribution in [-0.4, -0.2) is 29.2 Å². The van der Waals surface area contributed by atoms with E-state index in [4.69, 9.17) is 18.7 Å². The SMILES string of the molecule is O=C(OCC(=O)N1N=C2C(=Cc3ccco3)CCCC2C1c1ccco1)c1ccc(I)cc1. The number of esters is 1. The van der Waals surface area contributed by atoms with Crippen molar-refractivity contribution in [1.82, 2.24) is 5.01 Å². The largest absolute Gasteiger partial charge is 0.467 e. The Morgan fingerprint density at radius 3 is 2.64 bits per heavy atom. The lowest BCUT2D eigenvalue weighted by Gasteiger charge is -2.27. The van der Waals surface area contributed by atoms with Gasteiger partial charge in [0.1, 0.15) is 17.6 Å². The Labute approximate surface area is 204 Å². The summed E-state index contributed by atoms with van der Waals surface area (Å²) < 4.78 is 17.5. The summed E-state index contributed by atoms with van der Waals surface area (Å²) in [5, 5.41) is 6.13. The second-order valence-electron chi connectivity index (χ2n) is 7.95. The molecule has 2 atom stereocenters. The number of hydrogen-bond acceptors (Lipinski definition) is 6. The zero-order valence-electron chi connectivity index (χ0n) is 17.6. The summed E-state index contributed by atoms with van der Waals surface area (Å²) in [6.45, 7) is -0.400. The maximum atomic E-state index is 13.2. The summed E-state index contributed by atoms with van der Waals surface area (Å²) in [5.41, 5.74) is 2.30. The highest BCUT2D eigenvalue weighted by atomic mass is 127. The number of carbonyl (C=O) groups excluding carboxylic acids is 2. The highest BCUT2D eigenvalue weighted by molar-refractivity contribution is 14.1. The number of allylic oxidation sites excluding steroid dienone is 1. The maximum Gasteiger partial charge on any atom is 0.338 e. The van der Waals surface area contributed by atoms with E-state index in [0.29, 0.717) is 11.3 Å². The molecule has 1 aromatic carbocycles. The minimum absolute atomic E-state index is 0.00182. The van der Waals surface area contributed by atoms with E-state index in [2.05, 4.69) is 22.6 Å². The molecule has 1 aliphatic carbocycles. The van der Waals surface area contributed by atoms with Gasteiger partial charge in [-0.1, -0.05) is 0 Å². The van der Waals surface area contributed by atoms with Crippen LogP contribution < -0.4 is 0 Å². The first kappa shape index (κ1) is 21.7. The van der Waals surface area contributed by atoms with Crippen molar-refractivity contribution in [1.29, 1.82) is 0 Å². The molecule has 0 spiro atoms.